The minimum absolute atomic E-state index is 0.138. The standard InChI is InChI=1S/C9H16BrN3O2/c1-7(2)15-9(14)8(10)5-13(12-4)6-11-3/h5-7,12H,1-4H3/b8-5-,11-6?. The van der Waals surface area contributed by atoms with Crippen molar-refractivity contribution in [1.29, 1.82) is 0 Å². The van der Waals surface area contributed by atoms with Crippen LogP contribution < -0.4 is 5.43 Å². The van der Waals surface area contributed by atoms with Gasteiger partial charge in [-0.05, 0) is 29.8 Å². The highest BCUT2D eigenvalue weighted by Gasteiger charge is 2.10. The molecule has 0 spiro atoms. The number of carbonyl (C=O) groups excluding carboxylic acids is 1. The molecule has 0 aromatic rings. The number of nitrogens with one attached hydrogen (secondary N) is 1. The Hall–Kier alpha value is -0.880. The largest absolute Gasteiger partial charge is 0.459 e. The lowest BCUT2D eigenvalue weighted by Crippen LogP contribution is -2.29. The van der Waals surface area contributed by atoms with Crippen LogP contribution in [-0.4, -0.2) is 37.5 Å². The van der Waals surface area contributed by atoms with E-state index in [9.17, 15) is 4.79 Å². The van der Waals surface area contributed by atoms with Crippen molar-refractivity contribution >= 4 is 28.2 Å². The molecule has 0 aromatic carbocycles. The van der Waals surface area contributed by atoms with Gasteiger partial charge < -0.3 is 4.74 Å². The van der Waals surface area contributed by atoms with Crippen molar-refractivity contribution in [3.8, 4) is 0 Å². The monoisotopic (exact) mass is 277 g/mol. The van der Waals surface area contributed by atoms with E-state index in [1.165, 1.54) is 17.5 Å². The maximum atomic E-state index is 11.4. The van der Waals surface area contributed by atoms with E-state index in [-0.39, 0.29) is 6.10 Å². The lowest BCUT2D eigenvalue weighted by atomic mass is 10.5. The molecular formula is C9H16BrN3O2. The minimum Gasteiger partial charge on any atom is -0.459 e. The SMILES string of the molecule is CN=CN(/C=C(\Br)C(=O)OC(C)C)NC. The summed E-state index contributed by atoms with van der Waals surface area (Å²) in [5.41, 5.74) is 2.81. The normalized spacial score (nSPS) is 12.3. The molecule has 0 rings (SSSR count). The highest BCUT2D eigenvalue weighted by molar-refractivity contribution is 9.12. The third kappa shape index (κ3) is 6.24. The first-order chi connectivity index (χ1) is 7.01. The van der Waals surface area contributed by atoms with Crippen LogP contribution in [0.15, 0.2) is 15.7 Å². The lowest BCUT2D eigenvalue weighted by molar-refractivity contribution is -0.141. The van der Waals surface area contributed by atoms with Crippen molar-refractivity contribution in [2.45, 2.75) is 20.0 Å². The van der Waals surface area contributed by atoms with Crippen molar-refractivity contribution in [2.75, 3.05) is 14.1 Å². The van der Waals surface area contributed by atoms with Gasteiger partial charge in [0, 0.05) is 20.3 Å². The summed E-state index contributed by atoms with van der Waals surface area (Å²) < 4.78 is 5.31. The number of rotatable bonds is 5. The second-order valence-corrected chi connectivity index (χ2v) is 3.79. The molecule has 15 heavy (non-hydrogen) atoms. The van der Waals surface area contributed by atoms with Gasteiger partial charge in [0.1, 0.15) is 10.8 Å². The van der Waals surface area contributed by atoms with Crippen LogP contribution in [0.1, 0.15) is 13.8 Å². The number of hydrogen-bond donors (Lipinski definition) is 1. The minimum atomic E-state index is -0.408. The number of esters is 1. The van der Waals surface area contributed by atoms with Gasteiger partial charge in [-0.3, -0.25) is 10.0 Å². The van der Waals surface area contributed by atoms with Crippen molar-refractivity contribution in [3.05, 3.63) is 10.7 Å². The summed E-state index contributed by atoms with van der Waals surface area (Å²) in [4.78, 5) is 15.2. The Morgan fingerprint density at radius 1 is 1.60 bits per heavy atom. The molecule has 0 amide bonds. The van der Waals surface area contributed by atoms with Gasteiger partial charge in [-0.25, -0.2) is 10.2 Å². The number of aliphatic imine (C=N–C) groups is 1. The Labute approximate surface area is 98.3 Å². The Kier molecular flexibility index (Phi) is 6.98. The fourth-order valence-electron chi connectivity index (χ4n) is 0.725. The van der Waals surface area contributed by atoms with E-state index < -0.39 is 5.97 Å². The number of hydrazine groups is 1. The molecule has 86 valence electrons. The lowest BCUT2D eigenvalue weighted by Gasteiger charge is -2.13. The highest BCUT2D eigenvalue weighted by atomic mass is 79.9. The van der Waals surface area contributed by atoms with E-state index in [2.05, 4.69) is 26.3 Å². The van der Waals surface area contributed by atoms with E-state index in [0.717, 1.165) is 0 Å². The van der Waals surface area contributed by atoms with Gasteiger partial charge in [0.05, 0.1) is 6.10 Å². The zero-order valence-electron chi connectivity index (χ0n) is 9.32. The average molecular weight is 278 g/mol. The van der Waals surface area contributed by atoms with E-state index in [0.29, 0.717) is 4.48 Å². The van der Waals surface area contributed by atoms with Gasteiger partial charge in [-0.1, -0.05) is 0 Å². The van der Waals surface area contributed by atoms with E-state index in [1.54, 1.807) is 27.9 Å². The van der Waals surface area contributed by atoms with Crippen LogP contribution in [0, 0.1) is 0 Å². The first kappa shape index (κ1) is 14.1. The van der Waals surface area contributed by atoms with Crippen LogP contribution in [0.2, 0.25) is 0 Å². The van der Waals surface area contributed by atoms with Crippen LogP contribution in [0.3, 0.4) is 0 Å². The summed E-state index contributed by atoms with van der Waals surface area (Å²) in [6, 6.07) is 0. The van der Waals surface area contributed by atoms with Crippen molar-refractivity contribution < 1.29 is 9.53 Å². The topological polar surface area (TPSA) is 53.9 Å². The van der Waals surface area contributed by atoms with E-state index >= 15 is 0 Å². The number of nitrogens with zero attached hydrogens (tertiary/aromatic N) is 2. The van der Waals surface area contributed by atoms with E-state index in [1.807, 2.05) is 0 Å². The summed E-state index contributed by atoms with van der Waals surface area (Å²) in [6.07, 6.45) is 2.93. The smallest absolute Gasteiger partial charge is 0.347 e. The summed E-state index contributed by atoms with van der Waals surface area (Å²) >= 11 is 3.13. The Bertz CT molecular complexity index is 264. The molecule has 0 atom stereocenters. The molecular weight excluding hydrogens is 262 g/mol. The molecule has 1 N–H and O–H groups in total. The van der Waals surface area contributed by atoms with Crippen LogP contribution in [-0.2, 0) is 9.53 Å². The molecule has 0 saturated heterocycles. The molecule has 0 aliphatic carbocycles. The fourth-order valence-corrected chi connectivity index (χ4v) is 1.04. The number of carbonyl (C=O) groups is 1. The van der Waals surface area contributed by atoms with Crippen LogP contribution in [0.25, 0.3) is 0 Å². The molecule has 0 saturated carbocycles. The molecule has 0 radical (unpaired) electrons. The molecule has 0 aromatic heterocycles. The van der Waals surface area contributed by atoms with Crippen LogP contribution >= 0.6 is 15.9 Å². The van der Waals surface area contributed by atoms with Gasteiger partial charge in [0.2, 0.25) is 0 Å². The second kappa shape index (κ2) is 7.42. The van der Waals surface area contributed by atoms with E-state index in [4.69, 9.17) is 4.74 Å². The highest BCUT2D eigenvalue weighted by Crippen LogP contribution is 2.09. The van der Waals surface area contributed by atoms with Gasteiger partial charge in [-0.15, -0.1) is 0 Å². The van der Waals surface area contributed by atoms with Crippen molar-refractivity contribution in [2.24, 2.45) is 4.99 Å². The summed E-state index contributed by atoms with van der Waals surface area (Å²) in [7, 11) is 3.35. The molecule has 0 aliphatic rings. The van der Waals surface area contributed by atoms with Gasteiger partial charge in [0.15, 0.2) is 0 Å². The van der Waals surface area contributed by atoms with Gasteiger partial charge in [-0.2, -0.15) is 0 Å². The molecule has 0 fully saturated rings. The first-order valence-corrected chi connectivity index (χ1v) is 5.26. The fraction of sp³-hybridized carbons (Fsp3) is 0.556. The molecule has 0 heterocycles. The first-order valence-electron chi connectivity index (χ1n) is 4.47. The number of halogens is 1. The number of ether oxygens (including phenoxy) is 1. The van der Waals surface area contributed by atoms with Gasteiger partial charge >= 0.3 is 5.97 Å². The molecule has 0 bridgehead atoms. The summed E-state index contributed by atoms with van der Waals surface area (Å²) in [5.74, 6) is -0.408. The molecule has 0 unspecified atom stereocenters. The maximum absolute atomic E-state index is 11.4. The third-order valence-electron chi connectivity index (χ3n) is 1.29. The van der Waals surface area contributed by atoms with Crippen LogP contribution in [0.5, 0.6) is 0 Å². The Balaban J connectivity index is 4.45. The third-order valence-corrected chi connectivity index (χ3v) is 1.82. The van der Waals surface area contributed by atoms with Crippen molar-refractivity contribution in [3.63, 3.8) is 0 Å². The molecule has 6 heteroatoms. The predicted molar refractivity (Wildman–Crippen MR) is 63.6 cm³/mol. The summed E-state index contributed by atoms with van der Waals surface area (Å²) in [6.45, 7) is 3.59. The maximum Gasteiger partial charge on any atom is 0.347 e. The average Bonchev–Trinajstić information content (AvgIpc) is 2.15. The van der Waals surface area contributed by atoms with Gasteiger partial charge in [0.25, 0.3) is 0 Å². The second-order valence-electron chi connectivity index (χ2n) is 2.94. The predicted octanol–water partition coefficient (Wildman–Crippen LogP) is 1.27. The number of hydrogen-bond acceptors (Lipinski definition) is 4. The quantitative estimate of drug-likeness (QED) is 0.270. The zero-order valence-corrected chi connectivity index (χ0v) is 10.9. The Morgan fingerprint density at radius 2 is 2.20 bits per heavy atom. The molecule has 5 nitrogen and oxygen atoms in total. The summed E-state index contributed by atoms with van der Waals surface area (Å²) in [5, 5.41) is 1.53. The van der Waals surface area contributed by atoms with Crippen molar-refractivity contribution in [1.82, 2.24) is 10.4 Å². The zero-order chi connectivity index (χ0) is 11.8. The van der Waals surface area contributed by atoms with Crippen LogP contribution in [0.4, 0.5) is 0 Å². The molecule has 0 aliphatic heterocycles. The Morgan fingerprint density at radius 3 is 2.60 bits per heavy atom.